The molecule has 1 aromatic carbocycles. The summed E-state index contributed by atoms with van der Waals surface area (Å²) in [5, 5.41) is 0. The second-order valence-corrected chi connectivity index (χ2v) is 5.14. The molecule has 3 rings (SSSR count). The van der Waals surface area contributed by atoms with Crippen molar-refractivity contribution in [2.75, 3.05) is 19.8 Å². The lowest BCUT2D eigenvalue weighted by Gasteiger charge is -2.16. The highest BCUT2D eigenvalue weighted by molar-refractivity contribution is 5.79. The maximum Gasteiger partial charge on any atom is 0.204 e. The van der Waals surface area contributed by atoms with Crippen LogP contribution in [0.4, 0.5) is 0 Å². The number of hydrogen-bond acceptors (Lipinski definition) is 5. The summed E-state index contributed by atoms with van der Waals surface area (Å²) in [6, 6.07) is 5.61. The molecule has 0 aliphatic heterocycles. The van der Waals surface area contributed by atoms with Gasteiger partial charge in [0.15, 0.2) is 11.5 Å². The molecule has 6 nitrogen and oxygen atoms in total. The van der Waals surface area contributed by atoms with E-state index in [-0.39, 0.29) is 6.61 Å². The molecule has 6 heteroatoms. The van der Waals surface area contributed by atoms with E-state index in [0.29, 0.717) is 36.3 Å². The number of terminal acetylenes is 1. The van der Waals surface area contributed by atoms with Crippen molar-refractivity contribution in [3.63, 3.8) is 0 Å². The number of fused-ring (bicyclic) bond motifs is 1. The topological polar surface area (TPSA) is 69.3 Å². The number of imidazole rings is 1. The molecule has 0 aliphatic rings. The van der Waals surface area contributed by atoms with Crippen molar-refractivity contribution in [3.8, 4) is 41.0 Å². The van der Waals surface area contributed by atoms with E-state index in [1.165, 1.54) is 0 Å². The van der Waals surface area contributed by atoms with Gasteiger partial charge in [0.2, 0.25) is 5.75 Å². The molecule has 128 valence electrons. The molecule has 0 spiro atoms. The predicted molar refractivity (Wildman–Crippen MR) is 96.0 cm³/mol. The third kappa shape index (κ3) is 3.50. The number of rotatable bonds is 7. The van der Waals surface area contributed by atoms with Crippen molar-refractivity contribution in [2.45, 2.75) is 13.8 Å². The minimum atomic E-state index is 0.135. The fraction of sp³-hybridized carbons (Fsp3) is 0.263. The first-order valence-electron chi connectivity index (χ1n) is 8.06. The van der Waals surface area contributed by atoms with Crippen molar-refractivity contribution in [1.82, 2.24) is 15.0 Å². The zero-order chi connectivity index (χ0) is 17.6. The summed E-state index contributed by atoms with van der Waals surface area (Å²) in [6.45, 7) is 4.93. The second-order valence-electron chi connectivity index (χ2n) is 5.14. The largest absolute Gasteiger partial charge is 0.490 e. The number of nitrogens with one attached hydrogen (secondary N) is 1. The molecule has 0 radical (unpaired) electrons. The van der Waals surface area contributed by atoms with Crippen LogP contribution in [0.5, 0.6) is 17.2 Å². The molecule has 2 heterocycles. The number of hydrogen-bond donors (Lipinski definition) is 1. The Morgan fingerprint density at radius 2 is 1.84 bits per heavy atom. The van der Waals surface area contributed by atoms with Crippen LogP contribution < -0.4 is 14.2 Å². The van der Waals surface area contributed by atoms with E-state index in [9.17, 15) is 0 Å². The number of aromatic nitrogens is 3. The molecule has 25 heavy (non-hydrogen) atoms. The number of nitrogens with zero attached hydrogens (tertiary/aromatic N) is 2. The van der Waals surface area contributed by atoms with Gasteiger partial charge in [0, 0.05) is 11.8 Å². The molecule has 0 bridgehead atoms. The third-order valence-electron chi connectivity index (χ3n) is 3.48. The Balaban J connectivity index is 2.11. The summed E-state index contributed by atoms with van der Waals surface area (Å²) in [5.74, 6) is 4.80. The Hall–Kier alpha value is -3.20. The number of H-pyrrole nitrogens is 1. The number of benzene rings is 1. The molecule has 0 fully saturated rings. The van der Waals surface area contributed by atoms with Gasteiger partial charge in [-0.3, -0.25) is 4.98 Å². The molecule has 2 aromatic heterocycles. The lowest BCUT2D eigenvalue weighted by molar-refractivity contribution is 0.271. The molecule has 1 N–H and O–H groups in total. The van der Waals surface area contributed by atoms with Gasteiger partial charge < -0.3 is 19.2 Å². The first-order valence-corrected chi connectivity index (χ1v) is 8.06. The highest BCUT2D eigenvalue weighted by Crippen LogP contribution is 2.41. The average Bonchev–Trinajstić information content (AvgIpc) is 3.05. The first kappa shape index (κ1) is 16.7. The van der Waals surface area contributed by atoms with E-state index < -0.39 is 0 Å². The summed E-state index contributed by atoms with van der Waals surface area (Å²) in [5.41, 5.74) is 2.53. The van der Waals surface area contributed by atoms with Crippen LogP contribution in [0, 0.1) is 12.3 Å². The van der Waals surface area contributed by atoms with Gasteiger partial charge in [0.1, 0.15) is 17.9 Å². The first-order chi connectivity index (χ1) is 12.3. The van der Waals surface area contributed by atoms with Gasteiger partial charge >= 0.3 is 0 Å². The number of ether oxygens (including phenoxy) is 3. The lowest BCUT2D eigenvalue weighted by Crippen LogP contribution is -2.03. The highest BCUT2D eigenvalue weighted by atomic mass is 16.5. The van der Waals surface area contributed by atoms with Crippen LogP contribution in [0.25, 0.3) is 22.4 Å². The molecule has 0 atom stereocenters. The molecule has 0 unspecified atom stereocenters. The minimum absolute atomic E-state index is 0.135. The fourth-order valence-corrected chi connectivity index (χ4v) is 2.49. The maximum absolute atomic E-state index is 5.73. The summed E-state index contributed by atoms with van der Waals surface area (Å²) in [4.78, 5) is 11.9. The van der Waals surface area contributed by atoms with Crippen LogP contribution in [-0.2, 0) is 0 Å². The van der Waals surface area contributed by atoms with Gasteiger partial charge in [0.25, 0.3) is 0 Å². The summed E-state index contributed by atoms with van der Waals surface area (Å²) < 4.78 is 17.1. The van der Waals surface area contributed by atoms with Crippen molar-refractivity contribution < 1.29 is 14.2 Å². The Morgan fingerprint density at radius 1 is 1.12 bits per heavy atom. The maximum atomic E-state index is 5.73. The SMILES string of the molecule is C#CCOc1c(OCC)cc(-c2nc3cnccc3[nH]2)cc1OCC. The highest BCUT2D eigenvalue weighted by Gasteiger charge is 2.17. The van der Waals surface area contributed by atoms with Crippen molar-refractivity contribution >= 4 is 11.0 Å². The second kappa shape index (κ2) is 7.58. The Bertz CT molecular complexity index is 852. The molecule has 0 amide bonds. The Kier molecular flexibility index (Phi) is 5.05. The average molecular weight is 337 g/mol. The van der Waals surface area contributed by atoms with Crippen molar-refractivity contribution in [2.24, 2.45) is 0 Å². The monoisotopic (exact) mass is 337 g/mol. The van der Waals surface area contributed by atoms with Crippen molar-refractivity contribution in [3.05, 3.63) is 30.6 Å². The predicted octanol–water partition coefficient (Wildman–Crippen LogP) is 3.43. The van der Waals surface area contributed by atoms with Crippen LogP contribution in [0.3, 0.4) is 0 Å². The quantitative estimate of drug-likeness (QED) is 0.669. The summed E-state index contributed by atoms with van der Waals surface area (Å²) >= 11 is 0. The van der Waals surface area contributed by atoms with Gasteiger partial charge in [0.05, 0.1) is 24.9 Å². The fourth-order valence-electron chi connectivity index (χ4n) is 2.49. The molecule has 0 saturated carbocycles. The summed E-state index contributed by atoms with van der Waals surface area (Å²) in [7, 11) is 0. The minimum Gasteiger partial charge on any atom is -0.490 e. The molecule has 3 aromatic rings. The Labute approximate surface area is 146 Å². The molecular formula is C19H19N3O3. The standard InChI is InChI=1S/C19H19N3O3/c1-4-9-25-18-16(23-5-2)10-13(11-17(18)24-6-3)19-21-14-7-8-20-12-15(14)22-19/h1,7-8,10-12H,5-6,9H2,2-3H3,(H,21,22). The molecule has 0 saturated heterocycles. The number of pyridine rings is 1. The van der Waals surface area contributed by atoms with Crippen molar-refractivity contribution in [1.29, 1.82) is 0 Å². The van der Waals surface area contributed by atoms with Crippen LogP contribution in [0.15, 0.2) is 30.6 Å². The Morgan fingerprint density at radius 3 is 2.44 bits per heavy atom. The molecule has 0 aliphatic carbocycles. The molecular weight excluding hydrogens is 318 g/mol. The van der Waals surface area contributed by atoms with E-state index in [0.717, 1.165) is 16.6 Å². The normalized spacial score (nSPS) is 10.4. The van der Waals surface area contributed by atoms with Crippen LogP contribution in [0.2, 0.25) is 0 Å². The van der Waals surface area contributed by atoms with E-state index in [1.807, 2.05) is 32.0 Å². The van der Waals surface area contributed by atoms with Gasteiger partial charge in [-0.25, -0.2) is 4.98 Å². The van der Waals surface area contributed by atoms with Gasteiger partial charge in [-0.15, -0.1) is 6.42 Å². The summed E-state index contributed by atoms with van der Waals surface area (Å²) in [6.07, 6.45) is 8.75. The zero-order valence-corrected chi connectivity index (χ0v) is 14.2. The third-order valence-corrected chi connectivity index (χ3v) is 3.48. The smallest absolute Gasteiger partial charge is 0.204 e. The number of aromatic amines is 1. The zero-order valence-electron chi connectivity index (χ0n) is 14.2. The lowest BCUT2D eigenvalue weighted by atomic mass is 10.1. The van der Waals surface area contributed by atoms with Gasteiger partial charge in [-0.05, 0) is 32.0 Å². The van der Waals surface area contributed by atoms with Crippen LogP contribution in [-0.4, -0.2) is 34.8 Å². The van der Waals surface area contributed by atoms with Gasteiger partial charge in [-0.1, -0.05) is 5.92 Å². The van der Waals surface area contributed by atoms with Gasteiger partial charge in [-0.2, -0.15) is 0 Å². The van der Waals surface area contributed by atoms with E-state index in [1.54, 1.807) is 12.4 Å². The van der Waals surface area contributed by atoms with E-state index >= 15 is 0 Å². The van der Waals surface area contributed by atoms with E-state index in [2.05, 4.69) is 20.9 Å². The van der Waals surface area contributed by atoms with Crippen LogP contribution >= 0.6 is 0 Å². The van der Waals surface area contributed by atoms with Crippen LogP contribution in [0.1, 0.15) is 13.8 Å². The van der Waals surface area contributed by atoms with E-state index in [4.69, 9.17) is 20.6 Å².